The van der Waals surface area contributed by atoms with Crippen LogP contribution < -0.4 is 10.2 Å². The molecule has 1 saturated heterocycles. The van der Waals surface area contributed by atoms with Crippen LogP contribution in [0.25, 0.3) is 11.1 Å². The summed E-state index contributed by atoms with van der Waals surface area (Å²) in [7, 11) is 0. The number of carbonyl (C=O) groups is 1. The highest BCUT2D eigenvalue weighted by atomic mass is 19.1. The van der Waals surface area contributed by atoms with Gasteiger partial charge in [0.25, 0.3) is 0 Å². The average molecular weight is 449 g/mol. The summed E-state index contributed by atoms with van der Waals surface area (Å²) < 4.78 is 21.9. The van der Waals surface area contributed by atoms with Gasteiger partial charge in [0.15, 0.2) is 0 Å². The minimum atomic E-state index is -0.517. The van der Waals surface area contributed by atoms with Crippen molar-refractivity contribution in [2.45, 2.75) is 25.7 Å². The molecule has 4 heterocycles. The van der Waals surface area contributed by atoms with Crippen LogP contribution in [0.5, 0.6) is 0 Å². The summed E-state index contributed by atoms with van der Waals surface area (Å²) >= 11 is 0. The van der Waals surface area contributed by atoms with Crippen molar-refractivity contribution in [1.82, 2.24) is 40.7 Å². The molecule has 4 aromatic rings. The van der Waals surface area contributed by atoms with Gasteiger partial charge in [-0.1, -0.05) is 11.3 Å². The molecule has 1 atom stereocenters. The van der Waals surface area contributed by atoms with E-state index in [0.29, 0.717) is 43.0 Å². The van der Waals surface area contributed by atoms with E-state index >= 15 is 0 Å². The maximum absolute atomic E-state index is 14.9. The molecular formula is C21H20FN9O2. The van der Waals surface area contributed by atoms with Crippen LogP contribution in [0.3, 0.4) is 0 Å². The highest BCUT2D eigenvalue weighted by molar-refractivity contribution is 5.90. The zero-order valence-electron chi connectivity index (χ0n) is 17.4. The third kappa shape index (κ3) is 4.70. The Kier molecular flexibility index (Phi) is 5.72. The van der Waals surface area contributed by atoms with Crippen LogP contribution in [0.15, 0.2) is 55.1 Å². The van der Waals surface area contributed by atoms with Crippen LogP contribution >= 0.6 is 0 Å². The lowest BCUT2D eigenvalue weighted by Gasteiger charge is -2.14. The number of benzene rings is 1. The first-order chi connectivity index (χ1) is 16.2. The molecule has 168 valence electrons. The Labute approximate surface area is 187 Å². The number of aromatic nitrogens is 7. The lowest BCUT2D eigenvalue weighted by Crippen LogP contribution is -2.26. The Morgan fingerprint density at radius 1 is 1.18 bits per heavy atom. The number of anilines is 1. The lowest BCUT2D eigenvalue weighted by atomic mass is 10.1. The van der Waals surface area contributed by atoms with Crippen LogP contribution in [0.2, 0.25) is 0 Å². The smallest absolute Gasteiger partial charge is 0.414 e. The normalized spacial score (nSPS) is 15.7. The van der Waals surface area contributed by atoms with Gasteiger partial charge in [0.1, 0.15) is 11.9 Å². The minimum Gasteiger partial charge on any atom is -0.442 e. The van der Waals surface area contributed by atoms with E-state index in [1.54, 1.807) is 41.6 Å². The van der Waals surface area contributed by atoms with Crippen molar-refractivity contribution in [1.29, 1.82) is 0 Å². The summed E-state index contributed by atoms with van der Waals surface area (Å²) in [5.41, 5.74) is 3.11. The molecule has 0 unspecified atom stereocenters. The highest BCUT2D eigenvalue weighted by Crippen LogP contribution is 2.29. The SMILES string of the molecule is O=C1O[C@@H](Cn2ccnn2)CN1c1ccc(-c2ccc(CNCc3cn[nH]n3)nc2)c(F)c1. The predicted octanol–water partition coefficient (Wildman–Crippen LogP) is 1.91. The van der Waals surface area contributed by atoms with Crippen LogP contribution in [0.4, 0.5) is 14.9 Å². The summed E-state index contributed by atoms with van der Waals surface area (Å²) in [5.74, 6) is -0.446. The average Bonchev–Trinajstić information content (AvgIpc) is 3.58. The van der Waals surface area contributed by atoms with Crippen molar-refractivity contribution in [3.05, 3.63) is 72.3 Å². The van der Waals surface area contributed by atoms with Gasteiger partial charge < -0.3 is 10.1 Å². The number of nitrogens with zero attached hydrogens (tertiary/aromatic N) is 7. The van der Waals surface area contributed by atoms with Crippen molar-refractivity contribution in [3.8, 4) is 11.1 Å². The summed E-state index contributed by atoms with van der Waals surface area (Å²) in [6, 6.07) is 8.33. The van der Waals surface area contributed by atoms with Crippen LogP contribution in [0, 0.1) is 5.82 Å². The van der Waals surface area contributed by atoms with E-state index in [2.05, 4.69) is 36.0 Å². The number of ether oxygens (including phenoxy) is 1. The Balaban J connectivity index is 1.22. The molecule has 5 rings (SSSR count). The number of hydrogen-bond donors (Lipinski definition) is 2. The lowest BCUT2D eigenvalue weighted by molar-refractivity contribution is 0.129. The zero-order chi connectivity index (χ0) is 22.6. The summed E-state index contributed by atoms with van der Waals surface area (Å²) in [4.78, 5) is 18.1. The third-order valence-corrected chi connectivity index (χ3v) is 5.21. The van der Waals surface area contributed by atoms with Crippen molar-refractivity contribution < 1.29 is 13.9 Å². The fourth-order valence-corrected chi connectivity index (χ4v) is 3.59. The number of halogens is 1. The number of nitrogens with one attached hydrogen (secondary N) is 2. The Morgan fingerprint density at radius 3 is 2.82 bits per heavy atom. The van der Waals surface area contributed by atoms with E-state index in [0.717, 1.165) is 11.4 Å². The molecule has 0 aliphatic carbocycles. The molecule has 11 nitrogen and oxygen atoms in total. The maximum Gasteiger partial charge on any atom is 0.414 e. The van der Waals surface area contributed by atoms with Crippen molar-refractivity contribution >= 4 is 11.8 Å². The van der Waals surface area contributed by atoms with Gasteiger partial charge in [0.2, 0.25) is 0 Å². The number of amides is 1. The molecule has 2 N–H and O–H groups in total. The van der Waals surface area contributed by atoms with Crippen molar-refractivity contribution in [2.75, 3.05) is 11.4 Å². The maximum atomic E-state index is 14.9. The Bertz CT molecular complexity index is 1210. The number of aromatic amines is 1. The van der Waals surface area contributed by atoms with Gasteiger partial charge in [-0.25, -0.2) is 13.9 Å². The summed E-state index contributed by atoms with van der Waals surface area (Å²) in [5, 5.41) is 21.1. The van der Waals surface area contributed by atoms with E-state index < -0.39 is 18.0 Å². The number of hydrogen-bond acceptors (Lipinski definition) is 8. The second-order valence-corrected chi connectivity index (χ2v) is 7.51. The Hall–Kier alpha value is -4.19. The highest BCUT2D eigenvalue weighted by Gasteiger charge is 2.33. The second kappa shape index (κ2) is 9.12. The number of pyridine rings is 1. The monoisotopic (exact) mass is 449 g/mol. The second-order valence-electron chi connectivity index (χ2n) is 7.51. The van der Waals surface area contributed by atoms with Gasteiger partial charge in [0.05, 0.1) is 42.6 Å². The first-order valence-corrected chi connectivity index (χ1v) is 10.3. The first kappa shape index (κ1) is 20.7. The van der Waals surface area contributed by atoms with E-state index in [9.17, 15) is 9.18 Å². The standard InChI is InChI=1S/C21H20FN9O2/c22-20-7-17(31-13-18(33-21(31)32)12-30-6-5-25-29-30)3-4-19(20)14-1-2-15(24-8-14)9-23-10-16-11-26-28-27-16/h1-8,11,18,23H,9-10,12-13H2,(H,26,27,28)/t18-/m0/s1. The van der Waals surface area contributed by atoms with Crippen molar-refractivity contribution in [2.24, 2.45) is 0 Å². The topological polar surface area (TPSA) is 127 Å². The molecular weight excluding hydrogens is 429 g/mol. The largest absolute Gasteiger partial charge is 0.442 e. The van der Waals surface area contributed by atoms with Gasteiger partial charge in [-0.05, 0) is 24.3 Å². The fraction of sp³-hybridized carbons (Fsp3) is 0.238. The number of H-pyrrole nitrogens is 1. The molecule has 1 fully saturated rings. The molecule has 33 heavy (non-hydrogen) atoms. The Morgan fingerprint density at radius 2 is 2.09 bits per heavy atom. The van der Waals surface area contributed by atoms with Crippen LogP contribution in [-0.2, 0) is 24.4 Å². The predicted molar refractivity (Wildman–Crippen MR) is 114 cm³/mol. The summed E-state index contributed by atoms with van der Waals surface area (Å²) in [6.07, 6.45) is 5.61. The first-order valence-electron chi connectivity index (χ1n) is 10.3. The number of cyclic esters (lactones) is 1. The number of rotatable bonds is 8. The van der Waals surface area contributed by atoms with Crippen LogP contribution in [-0.4, -0.2) is 54.1 Å². The molecule has 12 heteroatoms. The van der Waals surface area contributed by atoms with Gasteiger partial charge in [0, 0.05) is 36.6 Å². The molecule has 0 saturated carbocycles. The van der Waals surface area contributed by atoms with E-state index in [-0.39, 0.29) is 0 Å². The summed E-state index contributed by atoms with van der Waals surface area (Å²) in [6.45, 7) is 1.79. The molecule has 1 aromatic carbocycles. The van der Waals surface area contributed by atoms with E-state index in [4.69, 9.17) is 4.74 Å². The molecule has 0 spiro atoms. The minimum absolute atomic E-state index is 0.301. The van der Waals surface area contributed by atoms with Gasteiger partial charge in [-0.2, -0.15) is 15.4 Å². The van der Waals surface area contributed by atoms with Gasteiger partial charge >= 0.3 is 6.09 Å². The fourth-order valence-electron chi connectivity index (χ4n) is 3.59. The molecule has 1 aliphatic heterocycles. The quantitative estimate of drug-likeness (QED) is 0.418. The van der Waals surface area contributed by atoms with Gasteiger partial charge in [-0.15, -0.1) is 5.10 Å². The molecule has 1 amide bonds. The molecule has 0 bridgehead atoms. The molecule has 1 aliphatic rings. The number of carbonyl (C=O) groups excluding carboxylic acids is 1. The van der Waals surface area contributed by atoms with E-state index in [1.165, 1.54) is 11.0 Å². The van der Waals surface area contributed by atoms with Gasteiger partial charge in [-0.3, -0.25) is 9.88 Å². The third-order valence-electron chi connectivity index (χ3n) is 5.21. The molecule has 3 aromatic heterocycles. The van der Waals surface area contributed by atoms with Crippen molar-refractivity contribution in [3.63, 3.8) is 0 Å². The molecule has 0 radical (unpaired) electrons. The van der Waals surface area contributed by atoms with E-state index in [1.807, 2.05) is 12.1 Å². The van der Waals surface area contributed by atoms with Crippen LogP contribution in [0.1, 0.15) is 11.4 Å². The zero-order valence-corrected chi connectivity index (χ0v) is 17.4.